The number of anilines is 3. The van der Waals surface area contributed by atoms with Crippen molar-refractivity contribution in [2.45, 2.75) is 50.9 Å². The Kier molecular flexibility index (Phi) is 8.93. The van der Waals surface area contributed by atoms with E-state index in [1.165, 1.54) is 102 Å². The van der Waals surface area contributed by atoms with Crippen LogP contribution in [0.3, 0.4) is 0 Å². The number of para-hydroxylation sites is 1. The molecule has 1 saturated carbocycles. The molecule has 2 aliphatic rings. The van der Waals surface area contributed by atoms with Gasteiger partial charge in [0.15, 0.2) is 0 Å². The van der Waals surface area contributed by atoms with Crippen molar-refractivity contribution in [3.05, 3.63) is 187 Å². The first-order valence-corrected chi connectivity index (χ1v) is 20.9. The minimum atomic E-state index is 0.374. The molecule has 1 aromatic heterocycles. The van der Waals surface area contributed by atoms with Crippen molar-refractivity contribution in [3.63, 3.8) is 0 Å². The molecule has 7 aromatic carbocycles. The van der Waals surface area contributed by atoms with Crippen LogP contribution in [0.4, 0.5) is 17.1 Å². The van der Waals surface area contributed by atoms with Gasteiger partial charge < -0.3 is 4.90 Å². The van der Waals surface area contributed by atoms with Gasteiger partial charge in [0.05, 0.1) is 5.69 Å². The van der Waals surface area contributed by atoms with Gasteiger partial charge in [-0.1, -0.05) is 166 Å². The monoisotopic (exact) mass is 727 g/mol. The van der Waals surface area contributed by atoms with E-state index in [2.05, 4.69) is 188 Å². The Bertz CT molecular complexity index is 2720. The van der Waals surface area contributed by atoms with Crippen molar-refractivity contribution in [1.82, 2.24) is 0 Å². The van der Waals surface area contributed by atoms with Crippen LogP contribution in [0.1, 0.15) is 62.0 Å². The summed E-state index contributed by atoms with van der Waals surface area (Å²) in [6.07, 6.45) is 15.6. The van der Waals surface area contributed by atoms with Crippen LogP contribution in [0.2, 0.25) is 0 Å². The third kappa shape index (κ3) is 6.19. The number of fused-ring (bicyclic) bond motifs is 4. The number of nitrogens with zero attached hydrogens (tertiary/aromatic N) is 1. The quantitative estimate of drug-likeness (QED) is 0.158. The normalized spacial score (nSPS) is 17.3. The number of hydrogen-bond acceptors (Lipinski definition) is 2. The molecule has 0 spiro atoms. The SMILES string of the molecule is CC1C=CC=CC1c1ccc(N(c2cccc(-c3cccc4c3sc3ccccc34)c2)c2ccccc2-c2cccc3cccc(C4CCCCC4)c23)cc1. The largest absolute Gasteiger partial charge is 0.310 e. The lowest BCUT2D eigenvalue weighted by Crippen LogP contribution is -2.12. The van der Waals surface area contributed by atoms with Crippen molar-refractivity contribution in [2.75, 3.05) is 4.90 Å². The van der Waals surface area contributed by atoms with Crippen molar-refractivity contribution < 1.29 is 0 Å². The third-order valence-corrected chi connectivity index (χ3v) is 13.4. The van der Waals surface area contributed by atoms with Crippen LogP contribution < -0.4 is 4.90 Å². The number of benzene rings is 7. The fraction of sp³-hybridized carbons (Fsp3) is 0.170. The van der Waals surface area contributed by atoms with Crippen LogP contribution in [-0.4, -0.2) is 0 Å². The molecule has 0 saturated heterocycles. The molecular weight excluding hydrogens is 683 g/mol. The molecule has 2 unspecified atom stereocenters. The van der Waals surface area contributed by atoms with E-state index in [0.29, 0.717) is 17.8 Å². The molecule has 2 aliphatic carbocycles. The van der Waals surface area contributed by atoms with Gasteiger partial charge in [0.2, 0.25) is 0 Å². The van der Waals surface area contributed by atoms with Crippen molar-refractivity contribution in [3.8, 4) is 22.3 Å². The molecule has 55 heavy (non-hydrogen) atoms. The minimum absolute atomic E-state index is 0.374. The van der Waals surface area contributed by atoms with Gasteiger partial charge in [-0.15, -0.1) is 11.3 Å². The topological polar surface area (TPSA) is 3.24 Å². The second-order valence-corrected chi connectivity index (χ2v) is 16.6. The summed E-state index contributed by atoms with van der Waals surface area (Å²) >= 11 is 1.90. The Morgan fingerprint density at radius 1 is 0.564 bits per heavy atom. The van der Waals surface area contributed by atoms with E-state index in [4.69, 9.17) is 0 Å². The van der Waals surface area contributed by atoms with E-state index < -0.39 is 0 Å². The maximum atomic E-state index is 2.50. The summed E-state index contributed by atoms with van der Waals surface area (Å²) in [4.78, 5) is 2.50. The Morgan fingerprint density at radius 2 is 1.27 bits per heavy atom. The lowest BCUT2D eigenvalue weighted by atomic mass is 9.80. The number of rotatable bonds is 7. The zero-order valence-electron chi connectivity index (χ0n) is 31.4. The van der Waals surface area contributed by atoms with E-state index in [9.17, 15) is 0 Å². The molecule has 268 valence electrons. The van der Waals surface area contributed by atoms with Crippen LogP contribution in [0.15, 0.2) is 176 Å². The van der Waals surface area contributed by atoms with Crippen LogP contribution >= 0.6 is 11.3 Å². The molecule has 1 fully saturated rings. The summed E-state index contributed by atoms with van der Waals surface area (Å²) in [7, 11) is 0. The summed E-state index contributed by atoms with van der Waals surface area (Å²) in [6, 6.07) is 57.1. The number of allylic oxidation sites excluding steroid dienone is 4. The molecule has 0 N–H and O–H groups in total. The highest BCUT2D eigenvalue weighted by Gasteiger charge is 2.24. The summed E-state index contributed by atoms with van der Waals surface area (Å²) in [5.41, 5.74) is 11.4. The summed E-state index contributed by atoms with van der Waals surface area (Å²) in [6.45, 7) is 2.31. The first kappa shape index (κ1) is 33.8. The Labute approximate surface area is 328 Å². The smallest absolute Gasteiger partial charge is 0.0540 e. The number of hydrogen-bond donors (Lipinski definition) is 0. The predicted octanol–water partition coefficient (Wildman–Crippen LogP) is 15.9. The molecule has 0 amide bonds. The lowest BCUT2D eigenvalue weighted by molar-refractivity contribution is 0.445. The highest BCUT2D eigenvalue weighted by Crippen LogP contribution is 2.47. The fourth-order valence-corrected chi connectivity index (χ4v) is 10.7. The zero-order valence-corrected chi connectivity index (χ0v) is 32.2. The molecule has 10 rings (SSSR count). The summed E-state index contributed by atoms with van der Waals surface area (Å²) in [5, 5.41) is 5.40. The fourth-order valence-electron chi connectivity index (χ4n) is 9.44. The summed E-state index contributed by atoms with van der Waals surface area (Å²) in [5.74, 6) is 1.44. The van der Waals surface area contributed by atoms with E-state index >= 15 is 0 Å². The van der Waals surface area contributed by atoms with Crippen LogP contribution in [0.5, 0.6) is 0 Å². The van der Waals surface area contributed by atoms with Crippen LogP contribution in [0, 0.1) is 5.92 Å². The molecule has 0 aliphatic heterocycles. The molecule has 1 nitrogen and oxygen atoms in total. The molecule has 8 aromatic rings. The minimum Gasteiger partial charge on any atom is -0.310 e. The number of thiophene rings is 1. The van der Waals surface area contributed by atoms with Gasteiger partial charge in [-0.05, 0) is 99.7 Å². The maximum Gasteiger partial charge on any atom is 0.0540 e. The second kappa shape index (κ2) is 14.5. The zero-order chi connectivity index (χ0) is 36.7. The molecule has 2 atom stereocenters. The lowest BCUT2D eigenvalue weighted by Gasteiger charge is -2.30. The third-order valence-electron chi connectivity index (χ3n) is 12.2. The van der Waals surface area contributed by atoms with Crippen LogP contribution in [-0.2, 0) is 0 Å². The van der Waals surface area contributed by atoms with E-state index in [0.717, 1.165) is 11.4 Å². The first-order valence-electron chi connectivity index (χ1n) is 20.1. The van der Waals surface area contributed by atoms with E-state index in [-0.39, 0.29) is 0 Å². The highest BCUT2D eigenvalue weighted by molar-refractivity contribution is 7.26. The maximum absolute atomic E-state index is 2.50. The molecule has 0 radical (unpaired) electrons. The van der Waals surface area contributed by atoms with Crippen molar-refractivity contribution in [2.24, 2.45) is 5.92 Å². The standard InChI is InChI=1S/C53H45NS/c1-36-15-5-6-22-43(36)38-31-33-41(34-32-38)54(42-21-11-20-40(35-42)45-26-14-28-49-47-24-8-10-30-51(47)55-53(45)49)50-29-9-7-23-46(50)48-27-13-19-39-18-12-25-44(52(39)48)37-16-3-2-4-17-37/h5-15,18-37,43H,2-4,16-17H2,1H3. The Hall–Kier alpha value is -5.70. The van der Waals surface area contributed by atoms with E-state index in [1.807, 2.05) is 11.3 Å². The molecule has 1 heterocycles. The first-order chi connectivity index (χ1) is 27.2. The molecular formula is C53H45NS. The van der Waals surface area contributed by atoms with Gasteiger partial charge in [-0.2, -0.15) is 0 Å². The average Bonchev–Trinajstić information content (AvgIpc) is 3.64. The molecule has 2 heteroatoms. The average molecular weight is 728 g/mol. The Morgan fingerprint density at radius 3 is 2.15 bits per heavy atom. The van der Waals surface area contributed by atoms with Crippen LogP contribution in [0.25, 0.3) is 53.2 Å². The second-order valence-electron chi connectivity index (χ2n) is 15.5. The van der Waals surface area contributed by atoms with Gasteiger partial charge in [0, 0.05) is 43.0 Å². The predicted molar refractivity (Wildman–Crippen MR) is 238 cm³/mol. The van der Waals surface area contributed by atoms with Gasteiger partial charge in [-0.3, -0.25) is 0 Å². The van der Waals surface area contributed by atoms with Gasteiger partial charge in [0.25, 0.3) is 0 Å². The summed E-state index contributed by atoms with van der Waals surface area (Å²) < 4.78 is 2.67. The van der Waals surface area contributed by atoms with Gasteiger partial charge in [0.1, 0.15) is 0 Å². The van der Waals surface area contributed by atoms with Gasteiger partial charge in [-0.25, -0.2) is 0 Å². The highest BCUT2D eigenvalue weighted by atomic mass is 32.1. The van der Waals surface area contributed by atoms with E-state index in [1.54, 1.807) is 0 Å². The van der Waals surface area contributed by atoms with Crippen molar-refractivity contribution >= 4 is 59.3 Å². The van der Waals surface area contributed by atoms with Gasteiger partial charge >= 0.3 is 0 Å². The molecule has 0 bridgehead atoms. The van der Waals surface area contributed by atoms with Crippen molar-refractivity contribution in [1.29, 1.82) is 0 Å². The Balaban J connectivity index is 1.16.